The van der Waals surface area contributed by atoms with E-state index in [1.165, 1.54) is 0 Å². The van der Waals surface area contributed by atoms with Gasteiger partial charge in [0.2, 0.25) is 5.91 Å². The lowest BCUT2D eigenvalue weighted by Gasteiger charge is -2.22. The Morgan fingerprint density at radius 1 is 1.29 bits per heavy atom. The predicted molar refractivity (Wildman–Crippen MR) is 86.2 cm³/mol. The lowest BCUT2D eigenvalue weighted by molar-refractivity contribution is -0.119. The van der Waals surface area contributed by atoms with Gasteiger partial charge in [-0.2, -0.15) is 0 Å². The number of hydrogen-bond donors (Lipinski definition) is 1. The van der Waals surface area contributed by atoms with Crippen LogP contribution in [0.5, 0.6) is 11.5 Å². The number of hydrogen-bond acceptors (Lipinski definition) is 4. The number of fused-ring (bicyclic) bond motifs is 1. The molecule has 0 fully saturated rings. The summed E-state index contributed by atoms with van der Waals surface area (Å²) in [4.78, 5) is 12.0. The van der Waals surface area contributed by atoms with Crippen LogP contribution in [-0.2, 0) is 4.79 Å². The van der Waals surface area contributed by atoms with E-state index in [0.29, 0.717) is 19.0 Å². The van der Waals surface area contributed by atoms with Crippen molar-refractivity contribution in [2.24, 2.45) is 0 Å². The highest BCUT2D eigenvalue weighted by Crippen LogP contribution is 2.32. The number of nitrogens with one attached hydrogen (secondary N) is 1. The zero-order valence-electron chi connectivity index (χ0n) is 13.1. The van der Waals surface area contributed by atoms with Crippen LogP contribution in [0.25, 0.3) is 0 Å². The third-order valence-electron chi connectivity index (χ3n) is 3.08. The average molecular weight is 309 g/mol. The number of rotatable bonds is 4. The van der Waals surface area contributed by atoms with Crippen LogP contribution in [-0.4, -0.2) is 29.6 Å². The Kier molecular flexibility index (Phi) is 5.04. The summed E-state index contributed by atoms with van der Waals surface area (Å²) in [5.41, 5.74) is 1.02. The molecule has 0 spiro atoms. The lowest BCUT2D eigenvalue weighted by Crippen LogP contribution is -2.29. The smallest absolute Gasteiger partial charge is 0.230 e. The molecule has 5 heteroatoms. The Labute approximate surface area is 130 Å². The van der Waals surface area contributed by atoms with Crippen LogP contribution in [0.1, 0.15) is 39.3 Å². The van der Waals surface area contributed by atoms with Gasteiger partial charge in [0.1, 0.15) is 13.2 Å². The van der Waals surface area contributed by atoms with Crippen LogP contribution in [0.15, 0.2) is 18.2 Å². The fourth-order valence-electron chi connectivity index (χ4n) is 1.98. The van der Waals surface area contributed by atoms with Crippen molar-refractivity contribution < 1.29 is 14.3 Å². The summed E-state index contributed by atoms with van der Waals surface area (Å²) in [5.74, 6) is 2.05. The molecule has 0 aliphatic carbocycles. The van der Waals surface area contributed by atoms with Gasteiger partial charge in [-0.25, -0.2) is 0 Å². The second-order valence-corrected chi connectivity index (χ2v) is 7.90. The molecule has 0 aromatic heterocycles. The molecular weight excluding hydrogens is 286 g/mol. The molecule has 1 N–H and O–H groups in total. The summed E-state index contributed by atoms with van der Waals surface area (Å²) < 4.78 is 11.2. The van der Waals surface area contributed by atoms with Crippen molar-refractivity contribution in [2.45, 2.75) is 38.5 Å². The third kappa shape index (κ3) is 4.84. The normalized spacial score (nSPS) is 15.4. The van der Waals surface area contributed by atoms with Gasteiger partial charge in [0.15, 0.2) is 11.5 Å². The Hall–Kier alpha value is -1.36. The van der Waals surface area contributed by atoms with Crippen LogP contribution in [0.3, 0.4) is 0 Å². The minimum atomic E-state index is -0.0473. The van der Waals surface area contributed by atoms with Gasteiger partial charge < -0.3 is 14.8 Å². The van der Waals surface area contributed by atoms with Crippen molar-refractivity contribution in [2.75, 3.05) is 19.0 Å². The molecule has 2 rings (SSSR count). The van der Waals surface area contributed by atoms with Crippen LogP contribution < -0.4 is 14.8 Å². The first-order valence-corrected chi connectivity index (χ1v) is 8.16. The van der Waals surface area contributed by atoms with Crippen LogP contribution in [0.2, 0.25) is 0 Å². The summed E-state index contributed by atoms with van der Waals surface area (Å²) in [5, 5.41) is 3.02. The van der Waals surface area contributed by atoms with Crippen LogP contribution >= 0.6 is 11.8 Å². The number of carbonyl (C=O) groups excluding carboxylic acids is 1. The van der Waals surface area contributed by atoms with E-state index in [-0.39, 0.29) is 16.7 Å². The average Bonchev–Trinajstić information content (AvgIpc) is 2.44. The van der Waals surface area contributed by atoms with Gasteiger partial charge in [0.25, 0.3) is 0 Å². The van der Waals surface area contributed by atoms with E-state index >= 15 is 0 Å². The molecule has 0 radical (unpaired) electrons. The molecule has 1 aliphatic rings. The zero-order valence-corrected chi connectivity index (χ0v) is 13.9. The first-order chi connectivity index (χ1) is 9.85. The maximum Gasteiger partial charge on any atom is 0.230 e. The molecule has 0 saturated carbocycles. The standard InChI is InChI=1S/C16H23NO3S/c1-11(17-15(18)10-21-16(2,3)4)12-5-6-13-14(9-12)20-8-7-19-13/h5-6,9,11H,7-8,10H2,1-4H3,(H,17,18). The Bertz CT molecular complexity index is 511. The fraction of sp³-hybridized carbons (Fsp3) is 0.562. The molecule has 1 atom stereocenters. The molecular formula is C16H23NO3S. The minimum absolute atomic E-state index is 0.0473. The molecule has 1 heterocycles. The van der Waals surface area contributed by atoms with Crippen molar-refractivity contribution >= 4 is 17.7 Å². The third-order valence-corrected chi connectivity index (χ3v) is 4.35. The van der Waals surface area contributed by atoms with Gasteiger partial charge in [0, 0.05) is 4.75 Å². The van der Waals surface area contributed by atoms with Gasteiger partial charge >= 0.3 is 0 Å². The highest BCUT2D eigenvalue weighted by Gasteiger charge is 2.17. The maximum absolute atomic E-state index is 12.0. The van der Waals surface area contributed by atoms with Gasteiger partial charge in [0.05, 0.1) is 11.8 Å². The van der Waals surface area contributed by atoms with E-state index in [4.69, 9.17) is 9.47 Å². The summed E-state index contributed by atoms with van der Waals surface area (Å²) in [6, 6.07) is 5.76. The summed E-state index contributed by atoms with van der Waals surface area (Å²) in [7, 11) is 0. The number of amides is 1. The number of benzene rings is 1. The number of carbonyl (C=O) groups is 1. The molecule has 0 saturated heterocycles. The van der Waals surface area contributed by atoms with E-state index in [0.717, 1.165) is 17.1 Å². The first-order valence-electron chi connectivity index (χ1n) is 7.18. The highest BCUT2D eigenvalue weighted by molar-refractivity contribution is 8.01. The molecule has 0 bridgehead atoms. The zero-order chi connectivity index (χ0) is 15.5. The Morgan fingerprint density at radius 3 is 2.62 bits per heavy atom. The summed E-state index contributed by atoms with van der Waals surface area (Å²) >= 11 is 1.64. The summed E-state index contributed by atoms with van der Waals surface area (Å²) in [6.07, 6.45) is 0. The maximum atomic E-state index is 12.0. The monoisotopic (exact) mass is 309 g/mol. The van der Waals surface area contributed by atoms with Gasteiger partial charge in [-0.3, -0.25) is 4.79 Å². The van der Waals surface area contributed by atoms with Crippen molar-refractivity contribution in [1.29, 1.82) is 0 Å². The van der Waals surface area contributed by atoms with Gasteiger partial charge in [-0.05, 0) is 24.6 Å². The molecule has 1 unspecified atom stereocenters. The first kappa shape index (κ1) is 16.0. The van der Waals surface area contributed by atoms with Crippen LogP contribution in [0.4, 0.5) is 0 Å². The molecule has 1 aliphatic heterocycles. The molecule has 116 valence electrons. The topological polar surface area (TPSA) is 47.6 Å². The molecule has 1 amide bonds. The van der Waals surface area contributed by atoms with E-state index in [2.05, 4.69) is 26.1 Å². The van der Waals surface area contributed by atoms with Crippen molar-refractivity contribution in [1.82, 2.24) is 5.32 Å². The number of ether oxygens (including phenoxy) is 2. The van der Waals surface area contributed by atoms with Crippen LogP contribution in [0, 0.1) is 0 Å². The second kappa shape index (κ2) is 6.60. The quantitative estimate of drug-likeness (QED) is 0.928. The second-order valence-electron chi connectivity index (χ2n) is 6.09. The Balaban J connectivity index is 1.94. The SMILES string of the molecule is CC(NC(=O)CSC(C)(C)C)c1ccc2c(c1)OCCO2. The molecule has 4 nitrogen and oxygen atoms in total. The minimum Gasteiger partial charge on any atom is -0.486 e. The van der Waals surface area contributed by atoms with E-state index in [9.17, 15) is 4.79 Å². The molecule has 21 heavy (non-hydrogen) atoms. The Morgan fingerprint density at radius 2 is 1.95 bits per heavy atom. The van der Waals surface area contributed by atoms with E-state index in [1.807, 2.05) is 25.1 Å². The number of thioether (sulfide) groups is 1. The van der Waals surface area contributed by atoms with E-state index in [1.54, 1.807) is 11.8 Å². The van der Waals surface area contributed by atoms with Gasteiger partial charge in [-0.1, -0.05) is 26.8 Å². The van der Waals surface area contributed by atoms with Crippen molar-refractivity contribution in [3.63, 3.8) is 0 Å². The van der Waals surface area contributed by atoms with Crippen molar-refractivity contribution in [3.8, 4) is 11.5 Å². The largest absolute Gasteiger partial charge is 0.486 e. The lowest BCUT2D eigenvalue weighted by atomic mass is 10.1. The molecule has 1 aromatic rings. The fourth-order valence-corrected chi connectivity index (χ4v) is 2.63. The highest BCUT2D eigenvalue weighted by atomic mass is 32.2. The molecule has 1 aromatic carbocycles. The van der Waals surface area contributed by atoms with Gasteiger partial charge in [-0.15, -0.1) is 11.8 Å². The summed E-state index contributed by atoms with van der Waals surface area (Å²) in [6.45, 7) is 9.45. The van der Waals surface area contributed by atoms with E-state index < -0.39 is 0 Å². The van der Waals surface area contributed by atoms with Crippen molar-refractivity contribution in [3.05, 3.63) is 23.8 Å². The predicted octanol–water partition coefficient (Wildman–Crippen LogP) is 3.17.